The lowest BCUT2D eigenvalue weighted by Gasteiger charge is -2.05. The van der Waals surface area contributed by atoms with Crippen LogP contribution in [0.1, 0.15) is 11.1 Å². The molecule has 0 radical (unpaired) electrons. The van der Waals surface area contributed by atoms with E-state index in [9.17, 15) is 9.59 Å². The van der Waals surface area contributed by atoms with Gasteiger partial charge in [-0.2, -0.15) is 0 Å². The van der Waals surface area contributed by atoms with Crippen molar-refractivity contribution < 1.29 is 4.79 Å². The van der Waals surface area contributed by atoms with Crippen molar-refractivity contribution in [1.82, 2.24) is 20.1 Å². The number of benzene rings is 1. The number of hydrogen-bond acceptors (Lipinski definition) is 4. The van der Waals surface area contributed by atoms with Crippen molar-refractivity contribution in [3.8, 4) is 0 Å². The van der Waals surface area contributed by atoms with E-state index in [1.165, 1.54) is 21.9 Å². The Morgan fingerprint density at radius 2 is 2.10 bits per heavy atom. The van der Waals surface area contributed by atoms with E-state index >= 15 is 0 Å². The van der Waals surface area contributed by atoms with Crippen LogP contribution in [0.2, 0.25) is 0 Å². The monoisotopic (exact) mass is 292 g/mol. The zero-order valence-electron chi connectivity index (χ0n) is 11.3. The molecule has 0 atom stereocenters. The number of hydrogen-bond donors (Lipinski definition) is 2. The van der Waals surface area contributed by atoms with Crippen molar-refractivity contribution >= 4 is 17.7 Å². The SMILES string of the molecule is Cc1ccc(CNC(=O)CSc2n[nH]c(=O)n2C)cc1. The molecule has 6 nitrogen and oxygen atoms in total. The first-order chi connectivity index (χ1) is 9.56. The molecule has 0 saturated heterocycles. The van der Waals surface area contributed by atoms with Crippen LogP contribution in [-0.2, 0) is 18.4 Å². The fraction of sp³-hybridized carbons (Fsp3) is 0.308. The number of nitrogens with zero attached hydrogens (tertiary/aromatic N) is 2. The Morgan fingerprint density at radius 3 is 2.70 bits per heavy atom. The highest BCUT2D eigenvalue weighted by atomic mass is 32.2. The Hall–Kier alpha value is -2.02. The number of H-pyrrole nitrogens is 1. The van der Waals surface area contributed by atoms with Gasteiger partial charge >= 0.3 is 5.69 Å². The molecule has 2 aromatic rings. The van der Waals surface area contributed by atoms with Crippen LogP contribution < -0.4 is 11.0 Å². The molecule has 0 unspecified atom stereocenters. The smallest absolute Gasteiger partial charge is 0.343 e. The molecule has 1 aromatic carbocycles. The molecule has 1 heterocycles. The second-order valence-corrected chi connectivity index (χ2v) is 5.36. The third-order valence-electron chi connectivity index (χ3n) is 2.78. The van der Waals surface area contributed by atoms with Gasteiger partial charge in [0.2, 0.25) is 5.91 Å². The van der Waals surface area contributed by atoms with E-state index in [0.29, 0.717) is 11.7 Å². The first kappa shape index (κ1) is 14.4. The van der Waals surface area contributed by atoms with Crippen LogP contribution in [0, 0.1) is 6.92 Å². The summed E-state index contributed by atoms with van der Waals surface area (Å²) in [5.41, 5.74) is 1.96. The lowest BCUT2D eigenvalue weighted by atomic mass is 10.1. The Balaban J connectivity index is 1.80. The fourth-order valence-electron chi connectivity index (χ4n) is 1.55. The van der Waals surface area contributed by atoms with Crippen molar-refractivity contribution in [3.05, 3.63) is 45.9 Å². The second-order valence-electron chi connectivity index (χ2n) is 4.42. The van der Waals surface area contributed by atoms with Crippen LogP contribution in [0.4, 0.5) is 0 Å². The molecule has 0 bridgehead atoms. The molecule has 20 heavy (non-hydrogen) atoms. The number of rotatable bonds is 5. The first-order valence-electron chi connectivity index (χ1n) is 6.12. The molecule has 0 aliphatic carbocycles. The number of thioether (sulfide) groups is 1. The van der Waals surface area contributed by atoms with Crippen molar-refractivity contribution in [2.24, 2.45) is 7.05 Å². The molecule has 0 aliphatic heterocycles. The molecule has 2 N–H and O–H groups in total. The molecule has 1 aromatic heterocycles. The zero-order chi connectivity index (χ0) is 14.5. The Labute approximate surface area is 120 Å². The van der Waals surface area contributed by atoms with Gasteiger partial charge in [0.25, 0.3) is 0 Å². The molecule has 7 heteroatoms. The summed E-state index contributed by atoms with van der Waals surface area (Å²) in [5.74, 6) is 0.135. The van der Waals surface area contributed by atoms with Gasteiger partial charge in [0, 0.05) is 13.6 Å². The zero-order valence-corrected chi connectivity index (χ0v) is 12.2. The normalized spacial score (nSPS) is 10.5. The minimum atomic E-state index is -0.285. The second kappa shape index (κ2) is 6.42. The number of aryl methyl sites for hydroxylation is 1. The van der Waals surface area contributed by atoms with Gasteiger partial charge in [-0.1, -0.05) is 41.6 Å². The Kier molecular flexibility index (Phi) is 4.62. The van der Waals surface area contributed by atoms with Crippen LogP contribution in [0.5, 0.6) is 0 Å². The highest BCUT2D eigenvalue weighted by Gasteiger charge is 2.08. The van der Waals surface area contributed by atoms with Crippen LogP contribution in [-0.4, -0.2) is 26.4 Å². The van der Waals surface area contributed by atoms with Crippen molar-refractivity contribution in [2.75, 3.05) is 5.75 Å². The van der Waals surface area contributed by atoms with Gasteiger partial charge in [-0.25, -0.2) is 9.89 Å². The molecule has 0 fully saturated rings. The number of nitrogens with one attached hydrogen (secondary N) is 2. The molecule has 0 aliphatic rings. The topological polar surface area (TPSA) is 79.8 Å². The summed E-state index contributed by atoms with van der Waals surface area (Å²) in [6.07, 6.45) is 0. The van der Waals surface area contributed by atoms with Crippen LogP contribution >= 0.6 is 11.8 Å². The van der Waals surface area contributed by atoms with Gasteiger partial charge in [0.05, 0.1) is 5.75 Å². The maximum absolute atomic E-state index is 11.7. The first-order valence-corrected chi connectivity index (χ1v) is 7.11. The molecular weight excluding hydrogens is 276 g/mol. The summed E-state index contributed by atoms with van der Waals surface area (Å²) < 4.78 is 1.37. The summed E-state index contributed by atoms with van der Waals surface area (Å²) in [5, 5.41) is 9.48. The lowest BCUT2D eigenvalue weighted by Crippen LogP contribution is -2.24. The molecule has 0 spiro atoms. The maximum Gasteiger partial charge on any atom is 0.343 e. The molecule has 1 amide bonds. The predicted octanol–water partition coefficient (Wildman–Crippen LogP) is 0.825. The maximum atomic E-state index is 11.7. The Bertz CT molecular complexity index is 645. The number of carbonyl (C=O) groups excluding carboxylic acids is 1. The molecule has 106 valence electrons. The number of aromatic nitrogens is 3. The molecule has 2 rings (SSSR count). The standard InChI is InChI=1S/C13H16N4O2S/c1-9-3-5-10(6-4-9)7-14-11(18)8-20-13-16-15-12(19)17(13)2/h3-6H,7-8H2,1-2H3,(H,14,18)(H,15,19). The lowest BCUT2D eigenvalue weighted by molar-refractivity contribution is -0.118. The molecular formula is C13H16N4O2S. The summed E-state index contributed by atoms with van der Waals surface area (Å²) >= 11 is 1.22. The van der Waals surface area contributed by atoms with E-state index in [4.69, 9.17) is 0 Å². The highest BCUT2D eigenvalue weighted by molar-refractivity contribution is 7.99. The number of amides is 1. The van der Waals surface area contributed by atoms with E-state index in [1.54, 1.807) is 7.05 Å². The summed E-state index contributed by atoms with van der Waals surface area (Å²) in [7, 11) is 1.61. The van der Waals surface area contributed by atoms with E-state index in [0.717, 1.165) is 5.56 Å². The minimum absolute atomic E-state index is 0.0916. The van der Waals surface area contributed by atoms with E-state index in [1.807, 2.05) is 31.2 Å². The van der Waals surface area contributed by atoms with Crippen LogP contribution in [0.15, 0.2) is 34.2 Å². The molecule has 0 saturated carbocycles. The minimum Gasteiger partial charge on any atom is -0.351 e. The van der Waals surface area contributed by atoms with Crippen molar-refractivity contribution in [3.63, 3.8) is 0 Å². The van der Waals surface area contributed by atoms with Gasteiger partial charge in [-0.05, 0) is 12.5 Å². The summed E-state index contributed by atoms with van der Waals surface area (Å²) in [6, 6.07) is 7.99. The fourth-order valence-corrected chi connectivity index (χ4v) is 2.30. The quantitative estimate of drug-likeness (QED) is 0.800. The van der Waals surface area contributed by atoms with Gasteiger partial charge in [0.15, 0.2) is 5.16 Å². The van der Waals surface area contributed by atoms with Crippen LogP contribution in [0.3, 0.4) is 0 Å². The summed E-state index contributed by atoms with van der Waals surface area (Å²) in [6.45, 7) is 2.52. The van der Waals surface area contributed by atoms with E-state index < -0.39 is 0 Å². The van der Waals surface area contributed by atoms with Crippen molar-refractivity contribution in [2.45, 2.75) is 18.6 Å². The number of carbonyl (C=O) groups is 1. The van der Waals surface area contributed by atoms with Gasteiger partial charge in [-0.3, -0.25) is 9.36 Å². The van der Waals surface area contributed by atoms with E-state index in [-0.39, 0.29) is 17.3 Å². The van der Waals surface area contributed by atoms with Crippen LogP contribution in [0.25, 0.3) is 0 Å². The summed E-state index contributed by atoms with van der Waals surface area (Å²) in [4.78, 5) is 22.9. The Morgan fingerprint density at radius 1 is 1.40 bits per heavy atom. The van der Waals surface area contributed by atoms with Gasteiger partial charge in [0.1, 0.15) is 0 Å². The average Bonchev–Trinajstić information content (AvgIpc) is 2.76. The largest absolute Gasteiger partial charge is 0.351 e. The van der Waals surface area contributed by atoms with Crippen molar-refractivity contribution in [1.29, 1.82) is 0 Å². The third kappa shape index (κ3) is 3.74. The predicted molar refractivity (Wildman–Crippen MR) is 77.6 cm³/mol. The van der Waals surface area contributed by atoms with Gasteiger partial charge in [-0.15, -0.1) is 5.10 Å². The van der Waals surface area contributed by atoms with E-state index in [2.05, 4.69) is 15.5 Å². The average molecular weight is 292 g/mol. The highest BCUT2D eigenvalue weighted by Crippen LogP contribution is 2.11. The van der Waals surface area contributed by atoms with Gasteiger partial charge < -0.3 is 5.32 Å². The number of aromatic amines is 1. The third-order valence-corrected chi connectivity index (χ3v) is 3.81.